The van der Waals surface area contributed by atoms with Gasteiger partial charge in [-0.25, -0.2) is 28.1 Å². The van der Waals surface area contributed by atoms with Crippen LogP contribution in [-0.4, -0.2) is 81.7 Å². The van der Waals surface area contributed by atoms with Crippen LogP contribution in [0, 0.1) is 0 Å². The Kier molecular flexibility index (Phi) is 6.11. The highest BCUT2D eigenvalue weighted by Crippen LogP contribution is 2.32. The van der Waals surface area contributed by atoms with Crippen LogP contribution in [0.3, 0.4) is 0 Å². The van der Waals surface area contributed by atoms with Crippen molar-refractivity contribution in [3.8, 4) is 11.3 Å². The topological polar surface area (TPSA) is 87.3 Å². The molecule has 0 amide bonds. The molecule has 2 aromatic heterocycles. The lowest BCUT2D eigenvalue weighted by atomic mass is 10.1. The predicted octanol–water partition coefficient (Wildman–Crippen LogP) is 2.62. The van der Waals surface area contributed by atoms with Crippen LogP contribution in [0.15, 0.2) is 18.5 Å². The lowest BCUT2D eigenvalue weighted by Crippen LogP contribution is -2.57. The number of anilines is 3. The first-order valence-corrected chi connectivity index (χ1v) is 10.8. The van der Waals surface area contributed by atoms with Gasteiger partial charge >= 0.3 is 0 Å². The summed E-state index contributed by atoms with van der Waals surface area (Å²) in [4.78, 5) is 23.3. The van der Waals surface area contributed by atoms with Gasteiger partial charge in [0.25, 0.3) is 6.43 Å². The number of nitrogen functional groups attached to an aromatic ring is 1. The maximum absolute atomic E-state index is 14.5. The van der Waals surface area contributed by atoms with Crippen molar-refractivity contribution in [1.29, 1.82) is 0 Å². The van der Waals surface area contributed by atoms with E-state index in [0.29, 0.717) is 49.1 Å². The average molecular weight is 451 g/mol. The fourth-order valence-electron chi connectivity index (χ4n) is 4.37. The summed E-state index contributed by atoms with van der Waals surface area (Å²) in [5.74, 6) is 1.27. The zero-order valence-corrected chi connectivity index (χ0v) is 18.5. The quantitative estimate of drug-likeness (QED) is 0.744. The largest absolute Gasteiger partial charge is 0.368 e. The molecule has 4 rings (SSSR count). The fraction of sp³-hybridized carbons (Fsp3) is 0.619. The van der Waals surface area contributed by atoms with E-state index >= 15 is 0 Å². The Balaban J connectivity index is 1.68. The fourth-order valence-corrected chi connectivity index (χ4v) is 4.37. The van der Waals surface area contributed by atoms with Crippen molar-refractivity contribution < 1.29 is 13.2 Å². The van der Waals surface area contributed by atoms with Crippen molar-refractivity contribution in [2.75, 3.05) is 48.3 Å². The van der Waals surface area contributed by atoms with Crippen molar-refractivity contribution in [3.05, 3.63) is 18.5 Å². The van der Waals surface area contributed by atoms with Crippen LogP contribution < -0.4 is 15.5 Å². The number of nitrogens with zero attached hydrogens (tertiary/aromatic N) is 7. The van der Waals surface area contributed by atoms with Crippen LogP contribution in [0.5, 0.6) is 0 Å². The number of alkyl halides is 3. The molecule has 2 fully saturated rings. The number of aromatic nitrogens is 4. The minimum absolute atomic E-state index is 0.0340. The number of nitrogens with two attached hydrogens (primary N) is 1. The molecule has 1 unspecified atom stereocenters. The molecular formula is C21H29F3N8. The Morgan fingerprint density at radius 2 is 1.88 bits per heavy atom. The molecule has 8 nitrogen and oxygen atoms in total. The maximum Gasteiger partial charge on any atom is 0.251 e. The molecule has 0 saturated carbocycles. The number of hydrogen-bond acceptors (Lipinski definition) is 8. The Labute approximate surface area is 185 Å². The van der Waals surface area contributed by atoms with E-state index in [-0.39, 0.29) is 31.1 Å². The van der Waals surface area contributed by atoms with Gasteiger partial charge in [0.1, 0.15) is 11.5 Å². The molecule has 0 spiro atoms. The Hall–Kier alpha value is -2.69. The summed E-state index contributed by atoms with van der Waals surface area (Å²) in [5, 5.41) is 0. The lowest BCUT2D eigenvalue weighted by Gasteiger charge is -2.44. The minimum atomic E-state index is -2.37. The third kappa shape index (κ3) is 4.87. The first-order chi connectivity index (χ1) is 15.1. The molecule has 2 aliphatic rings. The first-order valence-electron chi connectivity index (χ1n) is 10.8. The summed E-state index contributed by atoms with van der Waals surface area (Å²) < 4.78 is 40.5. The molecule has 11 heteroatoms. The van der Waals surface area contributed by atoms with E-state index in [2.05, 4.69) is 19.9 Å². The van der Waals surface area contributed by atoms with E-state index in [1.807, 2.05) is 24.8 Å². The molecule has 0 bridgehead atoms. The average Bonchev–Trinajstić information content (AvgIpc) is 3.10. The molecule has 0 aromatic carbocycles. The van der Waals surface area contributed by atoms with Gasteiger partial charge in [0.2, 0.25) is 11.9 Å². The first kappa shape index (κ1) is 22.5. The zero-order chi connectivity index (χ0) is 23.0. The van der Waals surface area contributed by atoms with Gasteiger partial charge in [0.15, 0.2) is 0 Å². The van der Waals surface area contributed by atoms with Gasteiger partial charge < -0.3 is 15.5 Å². The molecule has 0 aliphatic carbocycles. The molecule has 2 saturated heterocycles. The van der Waals surface area contributed by atoms with Gasteiger partial charge in [-0.3, -0.25) is 4.90 Å². The van der Waals surface area contributed by atoms with E-state index in [1.54, 1.807) is 24.2 Å². The summed E-state index contributed by atoms with van der Waals surface area (Å²) >= 11 is 0. The van der Waals surface area contributed by atoms with Gasteiger partial charge in [-0.15, -0.1) is 0 Å². The Morgan fingerprint density at radius 1 is 1.16 bits per heavy atom. The summed E-state index contributed by atoms with van der Waals surface area (Å²) in [7, 11) is 0. The van der Waals surface area contributed by atoms with Crippen molar-refractivity contribution >= 4 is 17.7 Å². The van der Waals surface area contributed by atoms with Gasteiger partial charge in [-0.2, -0.15) is 4.98 Å². The summed E-state index contributed by atoms with van der Waals surface area (Å²) in [6.07, 6.45) is 1.22. The Morgan fingerprint density at radius 3 is 2.50 bits per heavy atom. The van der Waals surface area contributed by atoms with Crippen molar-refractivity contribution in [3.63, 3.8) is 0 Å². The summed E-state index contributed by atoms with van der Waals surface area (Å²) in [6.45, 7) is 7.04. The normalized spacial score (nSPS) is 26.8. The zero-order valence-electron chi connectivity index (χ0n) is 18.5. The second-order valence-electron chi connectivity index (χ2n) is 9.02. The molecule has 32 heavy (non-hydrogen) atoms. The van der Waals surface area contributed by atoms with E-state index < -0.39 is 12.1 Å². The SMILES string of the molecule is C[C@H]1CN(c2cc(-c3cnc(N)nc3)nc(N3CCC(C)(F)C3)n2)[C@@H](C)CN1CC(F)F. The van der Waals surface area contributed by atoms with Crippen LogP contribution in [-0.2, 0) is 0 Å². The number of halogens is 3. The van der Waals surface area contributed by atoms with Gasteiger partial charge in [-0.05, 0) is 20.8 Å². The molecule has 4 heterocycles. The monoisotopic (exact) mass is 450 g/mol. The number of rotatable bonds is 5. The third-order valence-corrected chi connectivity index (χ3v) is 6.16. The van der Waals surface area contributed by atoms with Gasteiger partial charge in [0, 0.05) is 62.2 Å². The highest BCUT2D eigenvalue weighted by atomic mass is 19.3. The molecular weight excluding hydrogens is 421 g/mol. The van der Waals surface area contributed by atoms with E-state index in [4.69, 9.17) is 10.7 Å². The number of hydrogen-bond donors (Lipinski definition) is 1. The smallest absolute Gasteiger partial charge is 0.251 e. The van der Waals surface area contributed by atoms with Crippen LogP contribution in [0.2, 0.25) is 0 Å². The molecule has 174 valence electrons. The van der Waals surface area contributed by atoms with Crippen LogP contribution in [0.25, 0.3) is 11.3 Å². The third-order valence-electron chi connectivity index (χ3n) is 6.16. The molecule has 2 aromatic rings. The van der Waals surface area contributed by atoms with Gasteiger partial charge in [0.05, 0.1) is 18.8 Å². The maximum atomic E-state index is 14.5. The predicted molar refractivity (Wildman–Crippen MR) is 118 cm³/mol. The van der Waals surface area contributed by atoms with Crippen molar-refractivity contribution in [2.24, 2.45) is 0 Å². The molecule has 2 N–H and O–H groups in total. The Bertz CT molecular complexity index is 939. The molecule has 2 aliphatic heterocycles. The lowest BCUT2D eigenvalue weighted by molar-refractivity contribution is 0.0569. The second kappa shape index (κ2) is 8.68. The highest BCUT2D eigenvalue weighted by molar-refractivity contribution is 5.64. The molecule has 3 atom stereocenters. The summed E-state index contributed by atoms with van der Waals surface area (Å²) in [6, 6.07) is 1.74. The van der Waals surface area contributed by atoms with Crippen LogP contribution in [0.1, 0.15) is 27.2 Å². The van der Waals surface area contributed by atoms with E-state index in [1.165, 1.54) is 0 Å². The van der Waals surface area contributed by atoms with Crippen molar-refractivity contribution in [2.45, 2.75) is 51.4 Å². The van der Waals surface area contributed by atoms with Crippen LogP contribution >= 0.6 is 0 Å². The number of piperazine rings is 1. The second-order valence-corrected chi connectivity index (χ2v) is 9.02. The van der Waals surface area contributed by atoms with Crippen molar-refractivity contribution in [1.82, 2.24) is 24.8 Å². The molecule has 0 radical (unpaired) electrons. The van der Waals surface area contributed by atoms with E-state index in [0.717, 1.165) is 0 Å². The minimum Gasteiger partial charge on any atom is -0.368 e. The van der Waals surface area contributed by atoms with Crippen LogP contribution in [0.4, 0.5) is 30.9 Å². The standard InChI is InChI=1S/C21H29F3N8/c1-13-10-32(14(2)9-31(13)11-17(22)23)18-6-16(15-7-26-19(25)27-8-15)28-20(29-18)30-5-4-21(3,24)12-30/h6-8,13-14,17H,4-5,9-12H2,1-3H3,(H2,25,26,27)/t13-,14-,21?/m0/s1. The van der Waals surface area contributed by atoms with Gasteiger partial charge in [-0.1, -0.05) is 0 Å². The summed E-state index contributed by atoms with van der Waals surface area (Å²) in [5.41, 5.74) is 5.60. The van der Waals surface area contributed by atoms with E-state index in [9.17, 15) is 13.2 Å². The highest BCUT2D eigenvalue weighted by Gasteiger charge is 2.36.